The molecule has 0 amide bonds. The Labute approximate surface area is 71.2 Å². The van der Waals surface area contributed by atoms with E-state index < -0.39 is 0 Å². The van der Waals surface area contributed by atoms with Gasteiger partial charge >= 0.3 is 0 Å². The van der Waals surface area contributed by atoms with Crippen LogP contribution >= 0.6 is 0 Å². The fraction of sp³-hybridized carbons (Fsp3) is 0.400. The van der Waals surface area contributed by atoms with E-state index >= 15 is 0 Å². The summed E-state index contributed by atoms with van der Waals surface area (Å²) < 4.78 is 11.1. The molecular weight excluding hydrogens is 152 g/mol. The number of hydrogen-bond donors (Lipinski definition) is 0. The second kappa shape index (κ2) is 1.83. The van der Waals surface area contributed by atoms with Gasteiger partial charge in [-0.2, -0.15) is 0 Å². The van der Waals surface area contributed by atoms with Gasteiger partial charge in [0.15, 0.2) is 0 Å². The Morgan fingerprint density at radius 2 is 1.50 bits per heavy atom. The predicted molar refractivity (Wildman–Crippen MR) is 44.1 cm³/mol. The van der Waals surface area contributed by atoms with E-state index in [0.717, 1.165) is 11.5 Å². The van der Waals surface area contributed by atoms with Gasteiger partial charge in [-0.1, -0.05) is 25.3 Å². The van der Waals surface area contributed by atoms with Crippen molar-refractivity contribution in [2.75, 3.05) is 0 Å². The van der Waals surface area contributed by atoms with Crippen LogP contribution in [0.25, 0.3) is 0 Å². The molecule has 0 aromatic rings. The standard InChI is InChI=1S/C10H10O2/c1-5-9-7-3-4-8(12-7)10(9)6(2)11-5/h3-4,7-10H,1-2H2. The summed E-state index contributed by atoms with van der Waals surface area (Å²) in [5.41, 5.74) is 0. The Bertz CT molecular complexity index is 275. The Kier molecular flexibility index (Phi) is 0.989. The fourth-order valence-corrected chi connectivity index (χ4v) is 2.38. The van der Waals surface area contributed by atoms with Gasteiger partial charge < -0.3 is 9.47 Å². The summed E-state index contributed by atoms with van der Waals surface area (Å²) in [5.74, 6) is 2.30. The number of ether oxygens (including phenoxy) is 2. The van der Waals surface area contributed by atoms with Crippen LogP contribution in [0.4, 0.5) is 0 Å². The lowest BCUT2D eigenvalue weighted by Crippen LogP contribution is -2.19. The highest BCUT2D eigenvalue weighted by Gasteiger charge is 2.53. The molecular formula is C10H10O2. The number of fused-ring (bicyclic) bond motifs is 5. The highest BCUT2D eigenvalue weighted by molar-refractivity contribution is 5.30. The van der Waals surface area contributed by atoms with Crippen molar-refractivity contribution in [3.05, 3.63) is 36.8 Å². The molecule has 2 nitrogen and oxygen atoms in total. The lowest BCUT2D eigenvalue weighted by Gasteiger charge is -2.12. The summed E-state index contributed by atoms with van der Waals surface area (Å²) >= 11 is 0. The minimum absolute atomic E-state index is 0.187. The summed E-state index contributed by atoms with van der Waals surface area (Å²) in [4.78, 5) is 0. The van der Waals surface area contributed by atoms with Gasteiger partial charge in [0, 0.05) is 0 Å². The van der Waals surface area contributed by atoms with E-state index in [1.165, 1.54) is 0 Å². The smallest absolute Gasteiger partial charge is 0.103 e. The van der Waals surface area contributed by atoms with Crippen molar-refractivity contribution in [1.29, 1.82) is 0 Å². The molecule has 0 saturated carbocycles. The first kappa shape index (κ1) is 6.49. The van der Waals surface area contributed by atoms with E-state index in [0.29, 0.717) is 11.8 Å². The first-order chi connectivity index (χ1) is 5.77. The normalized spacial score (nSPS) is 48.3. The van der Waals surface area contributed by atoms with E-state index in [1.54, 1.807) is 0 Å². The van der Waals surface area contributed by atoms with Crippen LogP contribution in [-0.2, 0) is 9.47 Å². The van der Waals surface area contributed by atoms with E-state index in [4.69, 9.17) is 9.47 Å². The molecule has 3 heterocycles. The first-order valence-electron chi connectivity index (χ1n) is 4.16. The van der Waals surface area contributed by atoms with Crippen molar-refractivity contribution >= 4 is 0 Å². The Hall–Kier alpha value is -1.02. The molecule has 0 N–H and O–H groups in total. The lowest BCUT2D eigenvalue weighted by atomic mass is 9.83. The van der Waals surface area contributed by atoms with E-state index in [-0.39, 0.29) is 12.2 Å². The molecule has 3 aliphatic rings. The number of rotatable bonds is 0. The third-order valence-electron chi connectivity index (χ3n) is 2.91. The molecule has 0 aliphatic carbocycles. The van der Waals surface area contributed by atoms with Crippen molar-refractivity contribution < 1.29 is 9.47 Å². The van der Waals surface area contributed by atoms with E-state index in [1.807, 2.05) is 0 Å². The topological polar surface area (TPSA) is 18.5 Å². The molecule has 2 bridgehead atoms. The van der Waals surface area contributed by atoms with Crippen LogP contribution in [-0.4, -0.2) is 12.2 Å². The molecule has 2 fully saturated rings. The van der Waals surface area contributed by atoms with Crippen molar-refractivity contribution in [3.63, 3.8) is 0 Å². The van der Waals surface area contributed by atoms with Gasteiger partial charge in [0.1, 0.15) is 11.5 Å². The quantitative estimate of drug-likeness (QED) is 0.504. The predicted octanol–water partition coefficient (Wildman–Crippen LogP) is 1.61. The van der Waals surface area contributed by atoms with Gasteiger partial charge in [0.2, 0.25) is 0 Å². The summed E-state index contributed by atoms with van der Waals surface area (Å²) in [6.07, 6.45) is 4.57. The molecule has 0 aromatic carbocycles. The third-order valence-corrected chi connectivity index (χ3v) is 2.91. The summed E-state index contributed by atoms with van der Waals surface area (Å²) in [6, 6.07) is 0. The molecule has 3 rings (SSSR count). The van der Waals surface area contributed by atoms with Gasteiger partial charge in [0.05, 0.1) is 24.0 Å². The first-order valence-corrected chi connectivity index (χ1v) is 4.16. The molecule has 0 radical (unpaired) electrons. The minimum Gasteiger partial charge on any atom is -0.466 e. The minimum atomic E-state index is 0.187. The van der Waals surface area contributed by atoms with Gasteiger partial charge in [-0.05, 0) is 0 Å². The summed E-state index contributed by atoms with van der Waals surface area (Å²) in [7, 11) is 0. The maximum atomic E-state index is 5.67. The van der Waals surface area contributed by atoms with Crippen molar-refractivity contribution in [2.24, 2.45) is 11.8 Å². The molecule has 2 heteroatoms. The van der Waals surface area contributed by atoms with Crippen LogP contribution in [0.3, 0.4) is 0 Å². The molecule has 0 spiro atoms. The average molecular weight is 162 g/mol. The van der Waals surface area contributed by atoms with E-state index in [2.05, 4.69) is 25.3 Å². The highest BCUT2D eigenvalue weighted by Crippen LogP contribution is 2.51. The largest absolute Gasteiger partial charge is 0.466 e. The van der Waals surface area contributed by atoms with Crippen molar-refractivity contribution in [2.45, 2.75) is 12.2 Å². The van der Waals surface area contributed by atoms with Gasteiger partial charge in [0.25, 0.3) is 0 Å². The van der Waals surface area contributed by atoms with Crippen LogP contribution in [0.2, 0.25) is 0 Å². The van der Waals surface area contributed by atoms with E-state index in [9.17, 15) is 0 Å². The Balaban J connectivity index is 2.08. The maximum absolute atomic E-state index is 5.67. The average Bonchev–Trinajstić information content (AvgIpc) is 2.64. The zero-order chi connectivity index (χ0) is 8.29. The van der Waals surface area contributed by atoms with Gasteiger partial charge in [-0.3, -0.25) is 0 Å². The van der Waals surface area contributed by atoms with Gasteiger partial charge in [-0.25, -0.2) is 0 Å². The summed E-state index contributed by atoms with van der Waals surface area (Å²) in [6.45, 7) is 7.74. The fourth-order valence-electron chi connectivity index (χ4n) is 2.38. The molecule has 12 heavy (non-hydrogen) atoms. The molecule has 0 aromatic heterocycles. The zero-order valence-electron chi connectivity index (χ0n) is 6.69. The summed E-state index contributed by atoms with van der Waals surface area (Å²) in [5, 5.41) is 0. The molecule has 62 valence electrons. The maximum Gasteiger partial charge on any atom is 0.103 e. The molecule has 3 aliphatic heterocycles. The lowest BCUT2D eigenvalue weighted by molar-refractivity contribution is 0.0901. The highest BCUT2D eigenvalue weighted by atomic mass is 16.5. The van der Waals surface area contributed by atoms with Crippen molar-refractivity contribution in [3.8, 4) is 0 Å². The Morgan fingerprint density at radius 1 is 1.00 bits per heavy atom. The van der Waals surface area contributed by atoms with Crippen LogP contribution < -0.4 is 0 Å². The number of hydrogen-bond acceptors (Lipinski definition) is 2. The monoisotopic (exact) mass is 162 g/mol. The molecule has 4 unspecified atom stereocenters. The molecule has 4 atom stereocenters. The SMILES string of the molecule is C=C1OC(=C)C2C3C=CC(O3)C12. The second-order valence-corrected chi connectivity index (χ2v) is 3.54. The zero-order valence-corrected chi connectivity index (χ0v) is 6.69. The van der Waals surface area contributed by atoms with Crippen molar-refractivity contribution in [1.82, 2.24) is 0 Å². The van der Waals surface area contributed by atoms with Gasteiger partial charge in [-0.15, -0.1) is 0 Å². The molecule has 2 saturated heterocycles. The van der Waals surface area contributed by atoms with Crippen LogP contribution in [0, 0.1) is 11.8 Å². The second-order valence-electron chi connectivity index (χ2n) is 3.54. The van der Waals surface area contributed by atoms with Crippen LogP contribution in [0.15, 0.2) is 36.8 Å². The third kappa shape index (κ3) is 0.559. The van der Waals surface area contributed by atoms with Crippen LogP contribution in [0.1, 0.15) is 0 Å². The Morgan fingerprint density at radius 3 is 2.00 bits per heavy atom. The van der Waals surface area contributed by atoms with Crippen LogP contribution in [0.5, 0.6) is 0 Å².